The van der Waals surface area contributed by atoms with Crippen molar-refractivity contribution in [3.63, 3.8) is 0 Å². The van der Waals surface area contributed by atoms with Gasteiger partial charge in [0.1, 0.15) is 0 Å². The lowest BCUT2D eigenvalue weighted by Crippen LogP contribution is -2.13. The number of benzene rings is 1. The van der Waals surface area contributed by atoms with E-state index in [0.29, 0.717) is 6.42 Å². The quantitative estimate of drug-likeness (QED) is 0.858. The first-order valence-electron chi connectivity index (χ1n) is 6.94. The summed E-state index contributed by atoms with van der Waals surface area (Å²) < 4.78 is 5.21. The average Bonchev–Trinajstić information content (AvgIpc) is 2.92. The van der Waals surface area contributed by atoms with Crippen LogP contribution in [0.2, 0.25) is 0 Å². The molecule has 2 aromatic rings. The zero-order valence-electron chi connectivity index (χ0n) is 11.5. The van der Waals surface area contributed by atoms with Crippen molar-refractivity contribution in [2.45, 2.75) is 45.6 Å². The Morgan fingerprint density at radius 1 is 1.32 bits per heavy atom. The van der Waals surface area contributed by atoms with Crippen LogP contribution in [0.3, 0.4) is 0 Å². The van der Waals surface area contributed by atoms with Gasteiger partial charge in [-0.25, -0.2) is 0 Å². The molecule has 1 aromatic heterocycles. The van der Waals surface area contributed by atoms with Gasteiger partial charge in [-0.05, 0) is 61.9 Å². The largest absolute Gasteiger partial charge is 0.463 e. The SMILES string of the molecule is CC(C)OC(=O)Cc1c[nH]c2cc3c(cc12)CCC3. The molecule has 1 aromatic carbocycles. The first kappa shape index (κ1) is 12.3. The first-order valence-corrected chi connectivity index (χ1v) is 6.94. The number of aromatic amines is 1. The minimum atomic E-state index is -0.156. The highest BCUT2D eigenvalue weighted by atomic mass is 16.5. The van der Waals surface area contributed by atoms with Crippen molar-refractivity contribution in [3.05, 3.63) is 35.0 Å². The third-order valence-corrected chi connectivity index (χ3v) is 3.68. The molecule has 0 saturated carbocycles. The average molecular weight is 257 g/mol. The fourth-order valence-electron chi connectivity index (χ4n) is 2.86. The van der Waals surface area contributed by atoms with Crippen LogP contribution in [0.25, 0.3) is 10.9 Å². The van der Waals surface area contributed by atoms with E-state index in [1.165, 1.54) is 29.4 Å². The van der Waals surface area contributed by atoms with Gasteiger partial charge >= 0.3 is 5.97 Å². The highest BCUT2D eigenvalue weighted by molar-refractivity contribution is 5.88. The Morgan fingerprint density at radius 2 is 2.05 bits per heavy atom. The van der Waals surface area contributed by atoms with Crippen LogP contribution in [0.5, 0.6) is 0 Å². The summed E-state index contributed by atoms with van der Waals surface area (Å²) in [5, 5.41) is 1.17. The Bertz CT molecular complexity index is 625. The number of rotatable bonds is 3. The summed E-state index contributed by atoms with van der Waals surface area (Å²) in [6.07, 6.45) is 5.80. The van der Waals surface area contributed by atoms with E-state index >= 15 is 0 Å². The van der Waals surface area contributed by atoms with Crippen molar-refractivity contribution in [3.8, 4) is 0 Å². The highest BCUT2D eigenvalue weighted by Crippen LogP contribution is 2.29. The van der Waals surface area contributed by atoms with E-state index in [-0.39, 0.29) is 12.1 Å². The summed E-state index contributed by atoms with van der Waals surface area (Å²) in [6, 6.07) is 4.47. The smallest absolute Gasteiger partial charge is 0.310 e. The molecule has 0 saturated heterocycles. The molecule has 0 aliphatic heterocycles. The number of aryl methyl sites for hydroxylation is 2. The number of fused-ring (bicyclic) bond motifs is 2. The molecule has 0 amide bonds. The standard InChI is InChI=1S/C16H19NO2/c1-10(2)19-16(18)8-13-9-17-15-7-12-5-3-4-11(12)6-14(13)15/h6-7,9-10,17H,3-5,8H2,1-2H3. The second-order valence-electron chi connectivity index (χ2n) is 5.55. The predicted molar refractivity (Wildman–Crippen MR) is 75.3 cm³/mol. The molecular weight excluding hydrogens is 238 g/mol. The Hall–Kier alpha value is -1.77. The molecule has 1 N–H and O–H groups in total. The highest BCUT2D eigenvalue weighted by Gasteiger charge is 2.16. The zero-order valence-corrected chi connectivity index (χ0v) is 11.5. The third kappa shape index (κ3) is 2.37. The number of H-pyrrole nitrogens is 1. The summed E-state index contributed by atoms with van der Waals surface area (Å²) >= 11 is 0. The normalized spacial score (nSPS) is 14.1. The van der Waals surface area contributed by atoms with Crippen molar-refractivity contribution < 1.29 is 9.53 Å². The summed E-state index contributed by atoms with van der Waals surface area (Å²) in [5.74, 6) is -0.156. The molecular formula is C16H19NO2. The molecule has 0 radical (unpaired) electrons. The Labute approximate surface area is 113 Å². The van der Waals surface area contributed by atoms with Gasteiger partial charge in [-0.1, -0.05) is 0 Å². The number of nitrogens with one attached hydrogen (secondary N) is 1. The fraction of sp³-hybridized carbons (Fsp3) is 0.438. The molecule has 0 spiro atoms. The van der Waals surface area contributed by atoms with E-state index in [4.69, 9.17) is 4.74 Å². The van der Waals surface area contributed by atoms with Crippen molar-refractivity contribution >= 4 is 16.9 Å². The molecule has 1 aliphatic carbocycles. The van der Waals surface area contributed by atoms with Crippen molar-refractivity contribution in [2.24, 2.45) is 0 Å². The van der Waals surface area contributed by atoms with Crippen molar-refractivity contribution in [1.82, 2.24) is 4.98 Å². The van der Waals surface area contributed by atoms with Crippen LogP contribution in [0.15, 0.2) is 18.3 Å². The van der Waals surface area contributed by atoms with Crippen LogP contribution in [0, 0.1) is 0 Å². The molecule has 3 rings (SSSR count). The van der Waals surface area contributed by atoms with Crippen LogP contribution < -0.4 is 0 Å². The van der Waals surface area contributed by atoms with Gasteiger partial charge in [0.05, 0.1) is 12.5 Å². The summed E-state index contributed by atoms with van der Waals surface area (Å²) in [5.41, 5.74) is 5.06. The maximum atomic E-state index is 11.8. The maximum absolute atomic E-state index is 11.8. The number of esters is 1. The van der Waals surface area contributed by atoms with Crippen molar-refractivity contribution in [2.75, 3.05) is 0 Å². The summed E-state index contributed by atoms with van der Waals surface area (Å²) in [6.45, 7) is 3.75. The molecule has 0 atom stereocenters. The summed E-state index contributed by atoms with van der Waals surface area (Å²) in [4.78, 5) is 15.0. The van der Waals surface area contributed by atoms with Crippen LogP contribution in [0.1, 0.15) is 37.0 Å². The molecule has 100 valence electrons. The van der Waals surface area contributed by atoms with E-state index < -0.39 is 0 Å². The van der Waals surface area contributed by atoms with E-state index in [1.807, 2.05) is 20.0 Å². The molecule has 3 heteroatoms. The zero-order chi connectivity index (χ0) is 13.4. The number of ether oxygens (including phenoxy) is 1. The lowest BCUT2D eigenvalue weighted by Gasteiger charge is -2.07. The van der Waals surface area contributed by atoms with Crippen LogP contribution in [-0.4, -0.2) is 17.1 Å². The van der Waals surface area contributed by atoms with Crippen molar-refractivity contribution in [1.29, 1.82) is 0 Å². The topological polar surface area (TPSA) is 42.1 Å². The van der Waals surface area contributed by atoms with Gasteiger partial charge in [0.25, 0.3) is 0 Å². The van der Waals surface area contributed by atoms with Gasteiger partial charge in [0, 0.05) is 17.1 Å². The lowest BCUT2D eigenvalue weighted by atomic mass is 10.0. The number of carbonyl (C=O) groups is 1. The second kappa shape index (κ2) is 4.72. The third-order valence-electron chi connectivity index (χ3n) is 3.68. The van der Waals surface area contributed by atoms with E-state index in [1.54, 1.807) is 0 Å². The van der Waals surface area contributed by atoms with Crippen LogP contribution in [-0.2, 0) is 28.8 Å². The van der Waals surface area contributed by atoms with E-state index in [0.717, 1.165) is 17.5 Å². The van der Waals surface area contributed by atoms with E-state index in [2.05, 4.69) is 17.1 Å². The minimum absolute atomic E-state index is 0.0537. The molecule has 0 bridgehead atoms. The minimum Gasteiger partial charge on any atom is -0.463 e. The maximum Gasteiger partial charge on any atom is 0.310 e. The van der Waals surface area contributed by atoms with E-state index in [9.17, 15) is 4.79 Å². The number of hydrogen-bond acceptors (Lipinski definition) is 2. The Morgan fingerprint density at radius 3 is 2.79 bits per heavy atom. The van der Waals surface area contributed by atoms with Gasteiger partial charge in [-0.15, -0.1) is 0 Å². The monoisotopic (exact) mass is 257 g/mol. The molecule has 0 fully saturated rings. The van der Waals surface area contributed by atoms with Gasteiger partial charge in [0.2, 0.25) is 0 Å². The predicted octanol–water partition coefficient (Wildman–Crippen LogP) is 3.15. The van der Waals surface area contributed by atoms with Crippen LogP contribution in [0.4, 0.5) is 0 Å². The van der Waals surface area contributed by atoms with Gasteiger partial charge in [0.15, 0.2) is 0 Å². The molecule has 1 heterocycles. The molecule has 3 nitrogen and oxygen atoms in total. The Kier molecular flexibility index (Phi) is 3.05. The van der Waals surface area contributed by atoms with Gasteiger partial charge in [-0.3, -0.25) is 4.79 Å². The lowest BCUT2D eigenvalue weighted by molar-refractivity contribution is -0.146. The number of aromatic nitrogens is 1. The molecule has 19 heavy (non-hydrogen) atoms. The van der Waals surface area contributed by atoms with Gasteiger partial charge < -0.3 is 9.72 Å². The Balaban J connectivity index is 1.90. The van der Waals surface area contributed by atoms with Gasteiger partial charge in [-0.2, -0.15) is 0 Å². The number of carbonyl (C=O) groups excluding carboxylic acids is 1. The second-order valence-corrected chi connectivity index (χ2v) is 5.55. The van der Waals surface area contributed by atoms with Crippen LogP contribution >= 0.6 is 0 Å². The summed E-state index contributed by atoms with van der Waals surface area (Å²) in [7, 11) is 0. The number of hydrogen-bond donors (Lipinski definition) is 1. The molecule has 0 unspecified atom stereocenters. The first-order chi connectivity index (χ1) is 9.13. The molecule has 1 aliphatic rings. The fourth-order valence-corrected chi connectivity index (χ4v) is 2.86.